The molecule has 0 atom stereocenters. The molecule has 1 amide bonds. The third kappa shape index (κ3) is 4.08. The molecule has 0 saturated carbocycles. The summed E-state index contributed by atoms with van der Waals surface area (Å²) in [6, 6.07) is 4.38. The van der Waals surface area contributed by atoms with Crippen molar-refractivity contribution in [2.75, 3.05) is 11.9 Å². The molecule has 18 heavy (non-hydrogen) atoms. The van der Waals surface area contributed by atoms with Crippen LogP contribution in [0.4, 0.5) is 5.69 Å². The first-order valence-electron chi connectivity index (χ1n) is 5.75. The maximum absolute atomic E-state index is 10.8. The summed E-state index contributed by atoms with van der Waals surface area (Å²) in [4.78, 5) is 21.3. The molecule has 0 bridgehead atoms. The van der Waals surface area contributed by atoms with Gasteiger partial charge in [-0.3, -0.25) is 4.79 Å². The molecular formula is C13H17NO4. The van der Waals surface area contributed by atoms with Crippen molar-refractivity contribution in [1.29, 1.82) is 0 Å². The molecular weight excluding hydrogens is 234 g/mol. The molecule has 0 fully saturated rings. The standard InChI is InChI=1S/C13H17NO4/c1-9(2)5-6-18-12-4-3-10(13(16)17)7-11(12)14-8-15/h3-4,7-9H,5-6H2,1-2H3,(H,14,15)(H,16,17). The van der Waals surface area contributed by atoms with Crippen LogP contribution < -0.4 is 10.1 Å². The van der Waals surface area contributed by atoms with Crippen LogP contribution in [0.2, 0.25) is 0 Å². The number of benzene rings is 1. The molecule has 0 saturated heterocycles. The second kappa shape index (κ2) is 6.64. The number of carboxylic acids is 1. The van der Waals surface area contributed by atoms with Gasteiger partial charge in [0.2, 0.25) is 6.41 Å². The van der Waals surface area contributed by atoms with Crippen molar-refractivity contribution in [1.82, 2.24) is 0 Å². The third-order valence-corrected chi connectivity index (χ3v) is 2.39. The Morgan fingerprint density at radius 1 is 1.50 bits per heavy atom. The van der Waals surface area contributed by atoms with Gasteiger partial charge in [-0.25, -0.2) is 4.79 Å². The molecule has 0 aliphatic carbocycles. The highest BCUT2D eigenvalue weighted by Gasteiger charge is 2.09. The number of hydrogen-bond donors (Lipinski definition) is 2. The van der Waals surface area contributed by atoms with Crippen LogP contribution in [-0.4, -0.2) is 24.1 Å². The number of carboxylic acid groups (broad SMARTS) is 1. The van der Waals surface area contributed by atoms with Crippen LogP contribution in [-0.2, 0) is 4.79 Å². The zero-order valence-electron chi connectivity index (χ0n) is 10.5. The lowest BCUT2D eigenvalue weighted by molar-refractivity contribution is -0.105. The monoisotopic (exact) mass is 251 g/mol. The van der Waals surface area contributed by atoms with Crippen LogP contribution in [0.1, 0.15) is 30.6 Å². The average Bonchev–Trinajstić information content (AvgIpc) is 2.30. The van der Waals surface area contributed by atoms with E-state index < -0.39 is 5.97 Å². The molecule has 0 spiro atoms. The number of carbonyl (C=O) groups excluding carboxylic acids is 1. The fourth-order valence-electron chi connectivity index (χ4n) is 1.37. The maximum atomic E-state index is 10.8. The number of carbonyl (C=O) groups is 2. The highest BCUT2D eigenvalue weighted by molar-refractivity contribution is 5.90. The molecule has 5 nitrogen and oxygen atoms in total. The van der Waals surface area contributed by atoms with Gasteiger partial charge < -0.3 is 15.2 Å². The summed E-state index contributed by atoms with van der Waals surface area (Å²) in [6.45, 7) is 4.69. The molecule has 1 aromatic carbocycles. The summed E-state index contributed by atoms with van der Waals surface area (Å²) in [7, 11) is 0. The Kier molecular flexibility index (Phi) is 5.17. The van der Waals surface area contributed by atoms with E-state index in [1.54, 1.807) is 6.07 Å². The van der Waals surface area contributed by atoms with Crippen LogP contribution in [0.5, 0.6) is 5.75 Å². The Morgan fingerprint density at radius 3 is 2.78 bits per heavy atom. The van der Waals surface area contributed by atoms with E-state index in [1.807, 2.05) is 0 Å². The smallest absolute Gasteiger partial charge is 0.335 e. The predicted octanol–water partition coefficient (Wildman–Crippen LogP) is 2.38. The van der Waals surface area contributed by atoms with E-state index in [2.05, 4.69) is 19.2 Å². The lowest BCUT2D eigenvalue weighted by Gasteiger charge is -2.12. The Balaban J connectivity index is 2.82. The molecule has 0 unspecified atom stereocenters. The van der Waals surface area contributed by atoms with Crippen LogP contribution in [0.25, 0.3) is 0 Å². The second-order valence-electron chi connectivity index (χ2n) is 4.31. The van der Waals surface area contributed by atoms with Gasteiger partial charge in [0.1, 0.15) is 5.75 Å². The van der Waals surface area contributed by atoms with Gasteiger partial charge in [-0.05, 0) is 30.5 Å². The van der Waals surface area contributed by atoms with Gasteiger partial charge in [-0.2, -0.15) is 0 Å². The van der Waals surface area contributed by atoms with Crippen LogP contribution in [0, 0.1) is 5.92 Å². The molecule has 0 radical (unpaired) electrons. The molecule has 1 aromatic rings. The van der Waals surface area contributed by atoms with E-state index in [0.717, 1.165) is 6.42 Å². The number of hydrogen-bond acceptors (Lipinski definition) is 3. The van der Waals surface area contributed by atoms with Crippen molar-refractivity contribution in [3.8, 4) is 5.75 Å². The SMILES string of the molecule is CC(C)CCOc1ccc(C(=O)O)cc1NC=O. The first-order valence-corrected chi connectivity index (χ1v) is 5.75. The molecule has 2 N–H and O–H groups in total. The van der Waals surface area contributed by atoms with Gasteiger partial charge in [0.25, 0.3) is 0 Å². The summed E-state index contributed by atoms with van der Waals surface area (Å²) in [6.07, 6.45) is 1.39. The minimum absolute atomic E-state index is 0.107. The van der Waals surface area contributed by atoms with Gasteiger partial charge in [0, 0.05) is 0 Å². The minimum Gasteiger partial charge on any atom is -0.491 e. The first kappa shape index (κ1) is 14.0. The molecule has 98 valence electrons. The van der Waals surface area contributed by atoms with E-state index >= 15 is 0 Å². The van der Waals surface area contributed by atoms with E-state index in [9.17, 15) is 9.59 Å². The number of nitrogens with one attached hydrogen (secondary N) is 1. The van der Waals surface area contributed by atoms with Crippen LogP contribution >= 0.6 is 0 Å². The fraction of sp³-hybridized carbons (Fsp3) is 0.385. The maximum Gasteiger partial charge on any atom is 0.335 e. The van der Waals surface area contributed by atoms with E-state index in [4.69, 9.17) is 9.84 Å². The summed E-state index contributed by atoms with van der Waals surface area (Å²) in [5, 5.41) is 11.3. The number of anilines is 1. The largest absolute Gasteiger partial charge is 0.491 e. The molecule has 0 heterocycles. The topological polar surface area (TPSA) is 75.6 Å². The van der Waals surface area contributed by atoms with E-state index in [0.29, 0.717) is 30.4 Å². The van der Waals surface area contributed by atoms with Gasteiger partial charge in [0.15, 0.2) is 0 Å². The Labute approximate surface area is 106 Å². The van der Waals surface area contributed by atoms with E-state index in [-0.39, 0.29) is 5.56 Å². The molecule has 0 aliphatic heterocycles. The van der Waals surface area contributed by atoms with Crippen molar-refractivity contribution in [3.63, 3.8) is 0 Å². The van der Waals surface area contributed by atoms with E-state index in [1.165, 1.54) is 12.1 Å². The Hall–Kier alpha value is -2.04. The van der Waals surface area contributed by atoms with Crippen LogP contribution in [0.15, 0.2) is 18.2 Å². The van der Waals surface area contributed by atoms with Gasteiger partial charge in [-0.1, -0.05) is 13.8 Å². The zero-order chi connectivity index (χ0) is 13.5. The highest BCUT2D eigenvalue weighted by atomic mass is 16.5. The quantitative estimate of drug-likeness (QED) is 0.729. The predicted molar refractivity (Wildman–Crippen MR) is 68.0 cm³/mol. The van der Waals surface area contributed by atoms with Crippen molar-refractivity contribution in [2.45, 2.75) is 20.3 Å². The lowest BCUT2D eigenvalue weighted by Crippen LogP contribution is -2.06. The second-order valence-corrected chi connectivity index (χ2v) is 4.31. The highest BCUT2D eigenvalue weighted by Crippen LogP contribution is 2.25. The van der Waals surface area contributed by atoms with Crippen molar-refractivity contribution < 1.29 is 19.4 Å². The first-order chi connectivity index (χ1) is 8.54. The number of aromatic carboxylic acids is 1. The summed E-state index contributed by atoms with van der Waals surface area (Å²) < 4.78 is 5.52. The molecule has 5 heteroatoms. The summed E-state index contributed by atoms with van der Waals surface area (Å²) in [5.74, 6) is -0.0452. The average molecular weight is 251 g/mol. The third-order valence-electron chi connectivity index (χ3n) is 2.39. The normalized spacial score (nSPS) is 10.2. The van der Waals surface area contributed by atoms with Gasteiger partial charge in [0.05, 0.1) is 17.9 Å². The lowest BCUT2D eigenvalue weighted by atomic mass is 10.1. The fourth-order valence-corrected chi connectivity index (χ4v) is 1.37. The Bertz CT molecular complexity index is 429. The molecule has 1 rings (SSSR count). The van der Waals surface area contributed by atoms with Gasteiger partial charge >= 0.3 is 5.97 Å². The summed E-state index contributed by atoms with van der Waals surface area (Å²) >= 11 is 0. The summed E-state index contributed by atoms with van der Waals surface area (Å²) in [5.41, 5.74) is 0.476. The van der Waals surface area contributed by atoms with Gasteiger partial charge in [-0.15, -0.1) is 0 Å². The van der Waals surface area contributed by atoms with Crippen molar-refractivity contribution in [3.05, 3.63) is 23.8 Å². The number of rotatable bonds is 7. The van der Waals surface area contributed by atoms with Crippen LogP contribution in [0.3, 0.4) is 0 Å². The minimum atomic E-state index is -1.04. The van der Waals surface area contributed by atoms with Crippen molar-refractivity contribution >= 4 is 18.1 Å². The van der Waals surface area contributed by atoms with Crippen molar-refractivity contribution in [2.24, 2.45) is 5.92 Å². The zero-order valence-corrected chi connectivity index (χ0v) is 10.5. The Morgan fingerprint density at radius 2 is 2.22 bits per heavy atom. The molecule has 0 aromatic heterocycles. The number of ether oxygens (including phenoxy) is 1. The number of amides is 1. The molecule has 0 aliphatic rings.